The molecule has 1 heterocycles. The van der Waals surface area contributed by atoms with Crippen LogP contribution in [0, 0.1) is 13.8 Å². The van der Waals surface area contributed by atoms with Crippen LogP contribution in [-0.2, 0) is 45.5 Å². The zero-order valence-electron chi connectivity index (χ0n) is 34.5. The molecule has 0 amide bonds. The van der Waals surface area contributed by atoms with Crippen molar-refractivity contribution >= 4 is 19.8 Å². The number of phosphoric acid groups is 1. The van der Waals surface area contributed by atoms with Crippen LogP contribution in [0.2, 0.25) is 0 Å². The number of phosphoric ester groups is 1. The van der Waals surface area contributed by atoms with E-state index in [4.69, 9.17) is 28.7 Å². The highest BCUT2D eigenvalue weighted by Crippen LogP contribution is 2.43. The van der Waals surface area contributed by atoms with Crippen molar-refractivity contribution < 1.29 is 47.1 Å². The number of carbonyl (C=O) groups excluding carboxylic acids is 2. The molecule has 0 aliphatic rings. The fourth-order valence-corrected chi connectivity index (χ4v) is 6.75. The molecule has 1 rings (SSSR count). The number of hydrogen-bond donors (Lipinski definition) is 3. The maximum absolute atomic E-state index is 12.6. The first-order valence-corrected chi connectivity index (χ1v) is 22.4. The van der Waals surface area contributed by atoms with E-state index in [-0.39, 0.29) is 32.6 Å². The van der Waals surface area contributed by atoms with E-state index < -0.39 is 38.6 Å². The molecule has 0 bridgehead atoms. The summed E-state index contributed by atoms with van der Waals surface area (Å²) in [6, 6.07) is 0. The van der Waals surface area contributed by atoms with E-state index in [9.17, 15) is 24.2 Å². The molecular weight excluding hydrogens is 721 g/mol. The van der Waals surface area contributed by atoms with E-state index >= 15 is 0 Å². The first-order valence-electron chi connectivity index (χ1n) is 20.9. The molecule has 0 aliphatic heterocycles. The third-order valence-electron chi connectivity index (χ3n) is 9.32. The number of aliphatic hydroxyl groups excluding tert-OH is 1. The van der Waals surface area contributed by atoms with Gasteiger partial charge < -0.3 is 29.6 Å². The first-order chi connectivity index (χ1) is 26.5. The number of aryl methyl sites for hydroxylation is 2. The van der Waals surface area contributed by atoms with Gasteiger partial charge in [0, 0.05) is 32.2 Å². The van der Waals surface area contributed by atoms with Crippen LogP contribution in [0.25, 0.3) is 0 Å². The fraction of sp³-hybridized carbons (Fsp3) is 0.721. The van der Waals surface area contributed by atoms with Gasteiger partial charge in [0.15, 0.2) is 6.10 Å². The van der Waals surface area contributed by atoms with E-state index in [2.05, 4.69) is 39.8 Å². The number of carbonyl (C=O) groups is 2. The van der Waals surface area contributed by atoms with Crippen molar-refractivity contribution in [2.45, 2.75) is 175 Å². The molecule has 1 aromatic heterocycles. The summed E-state index contributed by atoms with van der Waals surface area (Å²) in [5.41, 5.74) is 7.95. The van der Waals surface area contributed by atoms with Crippen molar-refractivity contribution in [2.24, 2.45) is 5.73 Å². The molecule has 0 aliphatic carbocycles. The number of ether oxygens (including phenoxy) is 2. The number of rotatable bonds is 35. The molecule has 1 aromatic rings. The van der Waals surface area contributed by atoms with Gasteiger partial charge in [-0.2, -0.15) is 0 Å². The fourth-order valence-electron chi connectivity index (χ4n) is 5.98. The second-order valence-electron chi connectivity index (χ2n) is 14.3. The van der Waals surface area contributed by atoms with Crippen molar-refractivity contribution in [1.82, 2.24) is 0 Å². The summed E-state index contributed by atoms with van der Waals surface area (Å²) in [6.07, 6.45) is 29.0. The lowest BCUT2D eigenvalue weighted by atomic mass is 10.0. The molecule has 0 saturated carbocycles. The molecule has 0 saturated heterocycles. The molecule has 3 atom stereocenters. The molecule has 0 spiro atoms. The maximum Gasteiger partial charge on any atom is 0.472 e. The average molecular weight is 796 g/mol. The molecule has 11 nitrogen and oxygen atoms in total. The molecule has 0 radical (unpaired) electrons. The highest BCUT2D eigenvalue weighted by Gasteiger charge is 2.26. The highest BCUT2D eigenvalue weighted by molar-refractivity contribution is 7.47. The van der Waals surface area contributed by atoms with Gasteiger partial charge in [0.05, 0.1) is 19.3 Å². The summed E-state index contributed by atoms with van der Waals surface area (Å²) >= 11 is 0. The SMILES string of the molecule is CC/C=C/C/C=C/C=C/C(O)CCCCCCCC(=O)O[C@H](COC(=O)CCCCCCCCCCc1oc(CCC)c(C)c1C)COP(=O)(O)OCCN. The minimum Gasteiger partial charge on any atom is -0.466 e. The van der Waals surface area contributed by atoms with Gasteiger partial charge in [-0.25, -0.2) is 4.57 Å². The summed E-state index contributed by atoms with van der Waals surface area (Å²) in [7, 11) is -4.41. The number of esters is 2. The zero-order valence-corrected chi connectivity index (χ0v) is 35.4. The maximum atomic E-state index is 12.6. The van der Waals surface area contributed by atoms with Gasteiger partial charge in [0.1, 0.15) is 18.1 Å². The highest BCUT2D eigenvalue weighted by atomic mass is 31.2. The van der Waals surface area contributed by atoms with Gasteiger partial charge >= 0.3 is 19.8 Å². The predicted octanol–water partition coefficient (Wildman–Crippen LogP) is 10.0. The minimum atomic E-state index is -4.41. The summed E-state index contributed by atoms with van der Waals surface area (Å²) in [5.74, 6) is 1.35. The van der Waals surface area contributed by atoms with E-state index in [1.54, 1.807) is 6.08 Å². The number of hydrogen-bond acceptors (Lipinski definition) is 10. The molecule has 0 aromatic carbocycles. The lowest BCUT2D eigenvalue weighted by Gasteiger charge is -2.19. The Morgan fingerprint density at radius 3 is 2.00 bits per heavy atom. The monoisotopic (exact) mass is 796 g/mol. The summed E-state index contributed by atoms with van der Waals surface area (Å²) in [6.45, 7) is 7.69. The molecule has 55 heavy (non-hydrogen) atoms. The third-order valence-corrected chi connectivity index (χ3v) is 10.3. The van der Waals surface area contributed by atoms with Crippen LogP contribution in [0.1, 0.15) is 158 Å². The van der Waals surface area contributed by atoms with Crippen molar-refractivity contribution in [3.05, 3.63) is 59.1 Å². The van der Waals surface area contributed by atoms with Crippen molar-refractivity contribution in [2.75, 3.05) is 26.4 Å². The second kappa shape index (κ2) is 32.5. The van der Waals surface area contributed by atoms with Gasteiger partial charge in [0.2, 0.25) is 0 Å². The van der Waals surface area contributed by atoms with E-state index in [1.165, 1.54) is 24.0 Å². The summed E-state index contributed by atoms with van der Waals surface area (Å²) < 4.78 is 38.8. The average Bonchev–Trinajstić information content (AvgIpc) is 3.42. The first kappa shape index (κ1) is 50.5. The molecule has 2 unspecified atom stereocenters. The normalized spacial score (nSPS) is 14.2. The van der Waals surface area contributed by atoms with Crippen molar-refractivity contribution in [3.63, 3.8) is 0 Å². The third kappa shape index (κ3) is 26.9. The van der Waals surface area contributed by atoms with Gasteiger partial charge in [-0.15, -0.1) is 0 Å². The lowest BCUT2D eigenvalue weighted by molar-refractivity contribution is -0.161. The van der Waals surface area contributed by atoms with E-state index in [1.807, 2.05) is 18.2 Å². The molecule has 316 valence electrons. The molecule has 0 fully saturated rings. The number of aliphatic hydroxyl groups is 1. The van der Waals surface area contributed by atoms with Crippen LogP contribution >= 0.6 is 7.82 Å². The minimum absolute atomic E-state index is 0.0302. The smallest absolute Gasteiger partial charge is 0.466 e. The van der Waals surface area contributed by atoms with Crippen LogP contribution in [-0.4, -0.2) is 60.5 Å². The Balaban J connectivity index is 2.29. The van der Waals surface area contributed by atoms with Crippen LogP contribution < -0.4 is 5.73 Å². The Kier molecular flexibility index (Phi) is 29.9. The summed E-state index contributed by atoms with van der Waals surface area (Å²) in [4.78, 5) is 34.9. The molecule has 12 heteroatoms. The number of nitrogens with two attached hydrogens (primary N) is 1. The van der Waals surface area contributed by atoms with Crippen LogP contribution in [0.3, 0.4) is 0 Å². The number of unbranched alkanes of at least 4 members (excludes halogenated alkanes) is 11. The largest absolute Gasteiger partial charge is 0.472 e. The molecule has 4 N–H and O–H groups in total. The van der Waals surface area contributed by atoms with Crippen LogP contribution in [0.4, 0.5) is 0 Å². The standard InChI is InChI=1S/C43H74NO10P/c1-5-7-8-9-12-16-21-27-38(45)28-22-17-15-20-25-31-43(47)53-39(35-52-55(48,49)51-33-32-44)34-50-42(46)30-24-19-14-11-10-13-18-23-29-41-37(4)36(3)40(54-41)26-6-2/h7-8,12,16,21,27,38-39,45H,5-6,9-11,13-15,17-20,22-26,28-35,44H2,1-4H3,(H,48,49)/b8-7+,16-12+,27-21+/t38?,39-/m1/s1. The van der Waals surface area contributed by atoms with Gasteiger partial charge in [-0.05, 0) is 69.9 Å². The van der Waals surface area contributed by atoms with Gasteiger partial charge in [-0.1, -0.05) is 115 Å². The lowest BCUT2D eigenvalue weighted by Crippen LogP contribution is -2.29. The van der Waals surface area contributed by atoms with Gasteiger partial charge in [0.25, 0.3) is 0 Å². The van der Waals surface area contributed by atoms with Gasteiger partial charge in [-0.3, -0.25) is 18.6 Å². The number of furan rings is 1. The quantitative estimate of drug-likeness (QED) is 0.0197. The van der Waals surface area contributed by atoms with E-state index in [0.29, 0.717) is 19.3 Å². The Morgan fingerprint density at radius 1 is 0.764 bits per heavy atom. The Morgan fingerprint density at radius 2 is 1.36 bits per heavy atom. The Hall–Kier alpha value is -2.53. The Labute approximate surface area is 332 Å². The predicted molar refractivity (Wildman–Crippen MR) is 220 cm³/mol. The Bertz CT molecular complexity index is 1290. The second-order valence-corrected chi connectivity index (χ2v) is 15.7. The van der Waals surface area contributed by atoms with Crippen molar-refractivity contribution in [3.8, 4) is 0 Å². The summed E-state index contributed by atoms with van der Waals surface area (Å²) in [5, 5.41) is 10.1. The van der Waals surface area contributed by atoms with Crippen LogP contribution in [0.5, 0.6) is 0 Å². The van der Waals surface area contributed by atoms with Crippen molar-refractivity contribution in [1.29, 1.82) is 0 Å². The number of allylic oxidation sites excluding steroid dienone is 5. The zero-order chi connectivity index (χ0) is 40.6. The van der Waals surface area contributed by atoms with E-state index in [0.717, 1.165) is 101 Å². The molecular formula is C43H74NO10P. The topological polar surface area (TPSA) is 168 Å². The van der Waals surface area contributed by atoms with Crippen LogP contribution in [0.15, 0.2) is 40.9 Å².